The van der Waals surface area contributed by atoms with Crippen LogP contribution in [0.2, 0.25) is 5.02 Å². The molecule has 0 saturated carbocycles. The maximum absolute atomic E-state index is 11.0. The lowest BCUT2D eigenvalue weighted by atomic mass is 9.91. The van der Waals surface area contributed by atoms with E-state index in [4.69, 9.17) is 16.7 Å². The Balaban J connectivity index is 2.29. The van der Waals surface area contributed by atoms with Gasteiger partial charge in [0.25, 0.3) is 0 Å². The van der Waals surface area contributed by atoms with Gasteiger partial charge in [0.1, 0.15) is 6.04 Å². The number of benzene rings is 1. The molecule has 0 spiro atoms. The Morgan fingerprint density at radius 3 is 2.94 bits per heavy atom. The van der Waals surface area contributed by atoms with Crippen LogP contribution in [0.4, 0.5) is 0 Å². The van der Waals surface area contributed by atoms with Crippen LogP contribution in [0.3, 0.4) is 0 Å². The Kier molecular flexibility index (Phi) is 3.17. The molecule has 1 aliphatic heterocycles. The van der Waals surface area contributed by atoms with Crippen LogP contribution in [0.15, 0.2) is 18.2 Å². The van der Waals surface area contributed by atoms with Gasteiger partial charge in [-0.3, -0.25) is 4.79 Å². The lowest BCUT2D eigenvalue weighted by molar-refractivity contribution is -0.139. The first-order valence-corrected chi connectivity index (χ1v) is 5.69. The topological polar surface area (TPSA) is 49.3 Å². The number of halogens is 1. The molecule has 2 unspecified atom stereocenters. The van der Waals surface area contributed by atoms with Crippen LogP contribution in [0, 0.1) is 6.92 Å². The minimum atomic E-state index is -0.792. The van der Waals surface area contributed by atoms with Crippen molar-refractivity contribution in [1.82, 2.24) is 5.32 Å². The minimum absolute atomic E-state index is 0.0237. The second kappa shape index (κ2) is 4.44. The first-order chi connectivity index (χ1) is 7.59. The Labute approximate surface area is 99.4 Å². The van der Waals surface area contributed by atoms with Crippen LogP contribution in [0.5, 0.6) is 0 Å². The number of aliphatic carboxylic acids is 1. The predicted molar refractivity (Wildman–Crippen MR) is 63.0 cm³/mol. The molecule has 86 valence electrons. The Bertz CT molecular complexity index is 419. The molecule has 0 aliphatic carbocycles. The van der Waals surface area contributed by atoms with Crippen molar-refractivity contribution in [2.75, 3.05) is 6.54 Å². The van der Waals surface area contributed by atoms with E-state index in [0.29, 0.717) is 5.02 Å². The van der Waals surface area contributed by atoms with Crippen LogP contribution in [-0.4, -0.2) is 23.7 Å². The summed E-state index contributed by atoms with van der Waals surface area (Å²) in [6.07, 6.45) is 0.844. The van der Waals surface area contributed by atoms with E-state index in [0.717, 1.165) is 24.1 Å². The van der Waals surface area contributed by atoms with E-state index in [2.05, 4.69) is 5.32 Å². The molecule has 1 fully saturated rings. The zero-order chi connectivity index (χ0) is 11.7. The molecule has 3 nitrogen and oxygen atoms in total. The van der Waals surface area contributed by atoms with E-state index in [1.54, 1.807) is 0 Å². The third-order valence-electron chi connectivity index (χ3n) is 3.11. The van der Waals surface area contributed by atoms with Crippen LogP contribution >= 0.6 is 11.6 Å². The molecule has 2 rings (SSSR count). The second-order valence-electron chi connectivity index (χ2n) is 4.17. The molecule has 1 aliphatic rings. The molecule has 1 saturated heterocycles. The van der Waals surface area contributed by atoms with Crippen molar-refractivity contribution in [3.63, 3.8) is 0 Å². The average molecular weight is 240 g/mol. The van der Waals surface area contributed by atoms with Gasteiger partial charge in [0.2, 0.25) is 0 Å². The third kappa shape index (κ3) is 2.06. The fourth-order valence-electron chi connectivity index (χ4n) is 2.16. The zero-order valence-electron chi connectivity index (χ0n) is 9.03. The summed E-state index contributed by atoms with van der Waals surface area (Å²) in [6, 6.07) is 5.30. The van der Waals surface area contributed by atoms with Crippen molar-refractivity contribution >= 4 is 17.6 Å². The highest BCUT2D eigenvalue weighted by Crippen LogP contribution is 2.30. The molecule has 4 heteroatoms. The zero-order valence-corrected chi connectivity index (χ0v) is 9.79. The fourth-order valence-corrected chi connectivity index (χ4v) is 2.35. The Morgan fingerprint density at radius 2 is 2.31 bits per heavy atom. The molecule has 1 aromatic rings. The maximum atomic E-state index is 11.0. The molecule has 2 atom stereocenters. The monoisotopic (exact) mass is 239 g/mol. The van der Waals surface area contributed by atoms with Gasteiger partial charge < -0.3 is 10.4 Å². The van der Waals surface area contributed by atoms with Gasteiger partial charge in [-0.2, -0.15) is 0 Å². The van der Waals surface area contributed by atoms with E-state index in [1.807, 2.05) is 25.1 Å². The Hall–Kier alpha value is -1.06. The summed E-state index contributed by atoms with van der Waals surface area (Å²) in [5.74, 6) is -0.769. The summed E-state index contributed by atoms with van der Waals surface area (Å²) < 4.78 is 0. The van der Waals surface area contributed by atoms with Crippen molar-refractivity contribution < 1.29 is 9.90 Å². The smallest absolute Gasteiger partial charge is 0.321 e. The normalized spacial score (nSPS) is 24.6. The fraction of sp³-hybridized carbons (Fsp3) is 0.417. The largest absolute Gasteiger partial charge is 0.480 e. The summed E-state index contributed by atoms with van der Waals surface area (Å²) in [5.41, 5.74) is 2.02. The lowest BCUT2D eigenvalue weighted by Gasteiger charge is -2.16. The highest BCUT2D eigenvalue weighted by Gasteiger charge is 2.33. The van der Waals surface area contributed by atoms with Gasteiger partial charge in [-0.15, -0.1) is 0 Å². The first-order valence-electron chi connectivity index (χ1n) is 5.32. The number of aryl methyl sites for hydroxylation is 1. The van der Waals surface area contributed by atoms with Gasteiger partial charge in [0.05, 0.1) is 0 Å². The molecule has 0 bridgehead atoms. The highest BCUT2D eigenvalue weighted by atomic mass is 35.5. The van der Waals surface area contributed by atoms with Gasteiger partial charge in [0.15, 0.2) is 0 Å². The van der Waals surface area contributed by atoms with Gasteiger partial charge in [-0.25, -0.2) is 0 Å². The molecule has 0 amide bonds. The third-order valence-corrected chi connectivity index (χ3v) is 3.52. The number of carboxylic acid groups (broad SMARTS) is 1. The van der Waals surface area contributed by atoms with E-state index < -0.39 is 12.0 Å². The van der Waals surface area contributed by atoms with Crippen LogP contribution in [-0.2, 0) is 4.79 Å². The molecular formula is C12H14ClNO2. The standard InChI is InChI=1S/C12H14ClNO2/c1-7-2-3-8(6-10(7)13)9-4-5-14-11(9)12(15)16/h2-3,6,9,11,14H,4-5H2,1H3,(H,15,16). The SMILES string of the molecule is Cc1ccc(C2CCNC2C(=O)O)cc1Cl. The van der Waals surface area contributed by atoms with Crippen molar-refractivity contribution in [3.05, 3.63) is 34.3 Å². The molecule has 0 radical (unpaired) electrons. The van der Waals surface area contributed by atoms with Crippen molar-refractivity contribution in [2.24, 2.45) is 0 Å². The van der Waals surface area contributed by atoms with Crippen molar-refractivity contribution in [1.29, 1.82) is 0 Å². The quantitative estimate of drug-likeness (QED) is 0.832. The summed E-state index contributed by atoms with van der Waals surface area (Å²) in [4.78, 5) is 11.0. The van der Waals surface area contributed by atoms with Crippen molar-refractivity contribution in [2.45, 2.75) is 25.3 Å². The van der Waals surface area contributed by atoms with E-state index in [-0.39, 0.29) is 5.92 Å². The van der Waals surface area contributed by atoms with Crippen LogP contribution in [0.25, 0.3) is 0 Å². The van der Waals surface area contributed by atoms with Crippen LogP contribution < -0.4 is 5.32 Å². The number of carbonyl (C=O) groups is 1. The second-order valence-corrected chi connectivity index (χ2v) is 4.58. The molecule has 0 aromatic heterocycles. The Morgan fingerprint density at radius 1 is 1.56 bits per heavy atom. The minimum Gasteiger partial charge on any atom is -0.480 e. The summed E-state index contributed by atoms with van der Waals surface area (Å²) >= 11 is 6.05. The van der Waals surface area contributed by atoms with Gasteiger partial charge >= 0.3 is 5.97 Å². The number of nitrogens with one attached hydrogen (secondary N) is 1. The first kappa shape index (κ1) is 11.4. The maximum Gasteiger partial charge on any atom is 0.321 e. The van der Waals surface area contributed by atoms with E-state index >= 15 is 0 Å². The summed E-state index contributed by atoms with van der Waals surface area (Å²) in [5, 5.41) is 12.8. The summed E-state index contributed by atoms with van der Waals surface area (Å²) in [7, 11) is 0. The molecule has 1 aromatic carbocycles. The number of hydrogen-bond acceptors (Lipinski definition) is 2. The average Bonchev–Trinajstić information content (AvgIpc) is 2.71. The van der Waals surface area contributed by atoms with Gasteiger partial charge in [-0.05, 0) is 37.1 Å². The van der Waals surface area contributed by atoms with E-state index in [9.17, 15) is 4.79 Å². The van der Waals surface area contributed by atoms with Crippen molar-refractivity contribution in [3.8, 4) is 0 Å². The molecule has 16 heavy (non-hydrogen) atoms. The van der Waals surface area contributed by atoms with Gasteiger partial charge in [-0.1, -0.05) is 23.7 Å². The number of rotatable bonds is 2. The van der Waals surface area contributed by atoms with Crippen LogP contribution in [0.1, 0.15) is 23.5 Å². The van der Waals surface area contributed by atoms with E-state index in [1.165, 1.54) is 0 Å². The molecule has 2 N–H and O–H groups in total. The number of hydrogen-bond donors (Lipinski definition) is 2. The predicted octanol–water partition coefficient (Wildman–Crippen LogP) is 2.18. The number of carboxylic acids is 1. The lowest BCUT2D eigenvalue weighted by Crippen LogP contribution is -2.34. The summed E-state index contributed by atoms with van der Waals surface area (Å²) in [6.45, 7) is 2.68. The highest BCUT2D eigenvalue weighted by molar-refractivity contribution is 6.31. The molecular weight excluding hydrogens is 226 g/mol. The molecule has 1 heterocycles. The van der Waals surface area contributed by atoms with Gasteiger partial charge in [0, 0.05) is 10.9 Å².